The van der Waals surface area contributed by atoms with Crippen LogP contribution < -0.4 is 15.4 Å². The maximum absolute atomic E-state index is 12.7. The summed E-state index contributed by atoms with van der Waals surface area (Å²) in [6.45, 7) is 0.955. The van der Waals surface area contributed by atoms with Crippen molar-refractivity contribution in [2.45, 2.75) is 30.8 Å². The maximum Gasteiger partial charge on any atom is 0.407 e. The SMILES string of the molecule is COC1=C(Br)C[C@@]2(OC=C1Br)ON=C(C(=O)NCCCOc1c(Br)cc(C3CNC(=O)O3)cc1Br)[C@@H]2O. The molecule has 3 aliphatic rings. The molecule has 200 valence electrons. The predicted molar refractivity (Wildman–Crippen MR) is 145 cm³/mol. The number of cyclic esters (lactones) is 1. The van der Waals surface area contributed by atoms with Crippen molar-refractivity contribution in [2.75, 3.05) is 26.8 Å². The quantitative estimate of drug-likeness (QED) is 0.334. The number of nitrogens with one attached hydrogen (secondary N) is 2. The van der Waals surface area contributed by atoms with E-state index in [1.54, 1.807) is 0 Å². The first-order valence-electron chi connectivity index (χ1n) is 10.9. The molecule has 3 N–H and O–H groups in total. The highest BCUT2D eigenvalue weighted by Gasteiger charge is 2.54. The van der Waals surface area contributed by atoms with Gasteiger partial charge in [-0.15, -0.1) is 0 Å². The number of ether oxygens (including phenoxy) is 4. The van der Waals surface area contributed by atoms with E-state index in [9.17, 15) is 14.7 Å². The van der Waals surface area contributed by atoms with E-state index in [-0.39, 0.29) is 24.8 Å². The fraction of sp³-hybridized carbons (Fsp3) is 0.409. The second-order valence-electron chi connectivity index (χ2n) is 8.03. The van der Waals surface area contributed by atoms with E-state index in [0.29, 0.717) is 49.0 Å². The van der Waals surface area contributed by atoms with Gasteiger partial charge in [-0.25, -0.2) is 4.79 Å². The fourth-order valence-corrected chi connectivity index (χ4v) is 6.69. The van der Waals surface area contributed by atoms with Gasteiger partial charge in [0.2, 0.25) is 0 Å². The number of oxime groups is 1. The third-order valence-electron chi connectivity index (χ3n) is 5.56. The van der Waals surface area contributed by atoms with Gasteiger partial charge >= 0.3 is 11.9 Å². The van der Waals surface area contributed by atoms with Crippen LogP contribution in [0.25, 0.3) is 0 Å². The Morgan fingerprint density at radius 1 is 1.30 bits per heavy atom. The molecule has 3 atom stereocenters. The second-order valence-corrected chi connectivity index (χ2v) is 11.5. The van der Waals surface area contributed by atoms with Gasteiger partial charge in [-0.05, 0) is 71.9 Å². The van der Waals surface area contributed by atoms with Crippen molar-refractivity contribution in [1.82, 2.24) is 10.6 Å². The van der Waals surface area contributed by atoms with E-state index in [4.69, 9.17) is 23.8 Å². The van der Waals surface area contributed by atoms with E-state index in [2.05, 4.69) is 79.5 Å². The first-order valence-corrected chi connectivity index (χ1v) is 14.1. The van der Waals surface area contributed by atoms with E-state index >= 15 is 0 Å². The van der Waals surface area contributed by atoms with Crippen LogP contribution in [0.15, 0.2) is 47.2 Å². The van der Waals surface area contributed by atoms with Crippen LogP contribution in [0.2, 0.25) is 0 Å². The van der Waals surface area contributed by atoms with Gasteiger partial charge in [-0.1, -0.05) is 21.1 Å². The first kappa shape index (κ1) is 28.2. The summed E-state index contributed by atoms with van der Waals surface area (Å²) < 4.78 is 24.5. The third kappa shape index (κ3) is 6.10. The van der Waals surface area contributed by atoms with Crippen molar-refractivity contribution in [3.63, 3.8) is 0 Å². The van der Waals surface area contributed by atoms with Crippen LogP contribution in [-0.2, 0) is 23.8 Å². The Balaban J connectivity index is 1.27. The number of hydrogen-bond donors (Lipinski definition) is 3. The number of allylic oxidation sites excluding steroid dienone is 1. The smallest absolute Gasteiger partial charge is 0.407 e. The normalized spacial score (nSPS) is 24.9. The van der Waals surface area contributed by atoms with Crippen LogP contribution in [0.4, 0.5) is 4.79 Å². The van der Waals surface area contributed by atoms with Crippen LogP contribution >= 0.6 is 63.7 Å². The molecule has 1 spiro atoms. The molecule has 37 heavy (non-hydrogen) atoms. The minimum atomic E-state index is -1.61. The molecule has 1 fully saturated rings. The Morgan fingerprint density at radius 2 is 2.03 bits per heavy atom. The van der Waals surface area contributed by atoms with Crippen molar-refractivity contribution in [3.05, 3.63) is 47.6 Å². The average molecular weight is 775 g/mol. The lowest BCUT2D eigenvalue weighted by atomic mass is 10.0. The molecule has 3 heterocycles. The lowest BCUT2D eigenvalue weighted by Crippen LogP contribution is -2.49. The number of nitrogens with zero attached hydrogens (tertiary/aromatic N) is 1. The average Bonchev–Trinajstić information content (AvgIpc) is 3.39. The predicted octanol–water partition coefficient (Wildman–Crippen LogP) is 4.23. The number of amides is 2. The van der Waals surface area contributed by atoms with Crippen LogP contribution in [0.3, 0.4) is 0 Å². The van der Waals surface area contributed by atoms with Crippen molar-refractivity contribution in [1.29, 1.82) is 0 Å². The molecule has 1 unspecified atom stereocenters. The molecule has 2 amide bonds. The molecule has 0 aromatic heterocycles. The summed E-state index contributed by atoms with van der Waals surface area (Å²) in [6, 6.07) is 3.66. The van der Waals surface area contributed by atoms with Crippen LogP contribution in [-0.4, -0.2) is 61.5 Å². The monoisotopic (exact) mass is 771 g/mol. The Labute approximate surface area is 245 Å². The molecule has 0 bridgehead atoms. The zero-order valence-electron chi connectivity index (χ0n) is 19.2. The number of hydrogen-bond acceptors (Lipinski definition) is 9. The summed E-state index contributed by atoms with van der Waals surface area (Å²) in [5.41, 5.74) is 0.615. The minimum absolute atomic E-state index is 0.0549. The number of benzene rings is 1. The van der Waals surface area contributed by atoms with Gasteiger partial charge in [-0.2, -0.15) is 0 Å². The van der Waals surface area contributed by atoms with E-state index < -0.39 is 23.9 Å². The molecule has 1 aromatic rings. The molecule has 1 saturated heterocycles. The molecule has 0 saturated carbocycles. The number of methoxy groups -OCH3 is 1. The maximum atomic E-state index is 12.7. The number of aliphatic hydroxyl groups excluding tert-OH is 1. The Hall–Kier alpha value is -1.81. The highest BCUT2D eigenvalue weighted by atomic mass is 79.9. The number of rotatable bonds is 8. The largest absolute Gasteiger partial charge is 0.495 e. The molecular formula is C22H21Br4N3O8. The van der Waals surface area contributed by atoms with Gasteiger partial charge in [0, 0.05) is 11.0 Å². The second kappa shape index (κ2) is 11.9. The standard InChI is InChI=1S/C22H21Br4N3O8/c1-33-17-13(25)7-22(35-9-14(17)26)19(30)16(29-37-22)20(31)27-3-2-4-34-18-11(23)5-10(6-12(18)24)15-8-28-21(32)36-15/h5-6,9,15,19,30H,2-4,7-8H2,1H3,(H,27,31)(H,28,32)/t15?,19-,22+/m0/s1. The van der Waals surface area contributed by atoms with Crippen LogP contribution in [0, 0.1) is 0 Å². The molecule has 0 radical (unpaired) electrons. The Bertz CT molecular complexity index is 1170. The number of halogens is 4. The third-order valence-corrected chi connectivity index (χ3v) is 7.93. The molecule has 3 aliphatic heterocycles. The number of carbonyl (C=O) groups excluding carboxylic acids is 2. The van der Waals surface area contributed by atoms with Crippen molar-refractivity contribution >= 4 is 81.4 Å². The van der Waals surface area contributed by atoms with E-state index in [0.717, 1.165) is 5.56 Å². The van der Waals surface area contributed by atoms with Gasteiger partial charge in [0.1, 0.15) is 23.9 Å². The Kier molecular flexibility index (Phi) is 9.09. The molecule has 4 rings (SSSR count). The summed E-state index contributed by atoms with van der Waals surface area (Å²) in [5.74, 6) is -1.14. The molecule has 15 heteroatoms. The van der Waals surface area contributed by atoms with E-state index in [1.165, 1.54) is 13.4 Å². The molecular weight excluding hydrogens is 754 g/mol. The minimum Gasteiger partial charge on any atom is -0.495 e. The first-order chi connectivity index (χ1) is 17.6. The van der Waals surface area contributed by atoms with Gasteiger partial charge < -0.3 is 39.5 Å². The van der Waals surface area contributed by atoms with Crippen molar-refractivity contribution in [3.8, 4) is 5.75 Å². The highest BCUT2D eigenvalue weighted by molar-refractivity contribution is 9.12. The molecule has 0 aliphatic carbocycles. The Morgan fingerprint density at radius 3 is 2.68 bits per heavy atom. The number of carbonyl (C=O) groups is 2. The van der Waals surface area contributed by atoms with Crippen molar-refractivity contribution < 1.29 is 38.5 Å². The summed E-state index contributed by atoms with van der Waals surface area (Å²) in [4.78, 5) is 29.3. The van der Waals surface area contributed by atoms with Gasteiger partial charge in [0.25, 0.3) is 5.91 Å². The van der Waals surface area contributed by atoms with Crippen LogP contribution in [0.5, 0.6) is 5.75 Å². The molecule has 1 aromatic carbocycles. The molecule has 11 nitrogen and oxygen atoms in total. The topological polar surface area (TPSA) is 137 Å². The summed E-state index contributed by atoms with van der Waals surface area (Å²) in [5, 5.41) is 19.9. The van der Waals surface area contributed by atoms with Gasteiger partial charge in [0.05, 0.1) is 40.1 Å². The number of alkyl carbamates (subject to hydrolysis) is 1. The highest BCUT2D eigenvalue weighted by Crippen LogP contribution is 2.41. The lowest BCUT2D eigenvalue weighted by molar-refractivity contribution is -0.225. The zero-order valence-corrected chi connectivity index (χ0v) is 25.5. The fourth-order valence-electron chi connectivity index (χ4n) is 3.71. The van der Waals surface area contributed by atoms with Gasteiger partial charge in [-0.3, -0.25) is 4.79 Å². The van der Waals surface area contributed by atoms with Gasteiger partial charge in [0.15, 0.2) is 11.8 Å². The summed E-state index contributed by atoms with van der Waals surface area (Å²) >= 11 is 13.7. The van der Waals surface area contributed by atoms with E-state index in [1.807, 2.05) is 12.1 Å². The summed E-state index contributed by atoms with van der Waals surface area (Å²) in [6.07, 6.45) is -0.410. The van der Waals surface area contributed by atoms with Crippen LogP contribution in [0.1, 0.15) is 24.5 Å². The zero-order chi connectivity index (χ0) is 26.7. The van der Waals surface area contributed by atoms with Crippen molar-refractivity contribution in [2.24, 2.45) is 5.16 Å². The summed E-state index contributed by atoms with van der Waals surface area (Å²) in [7, 11) is 1.49. The lowest BCUT2D eigenvalue weighted by Gasteiger charge is -2.27. The number of aliphatic hydroxyl groups is 1.